The van der Waals surface area contributed by atoms with Gasteiger partial charge in [-0.15, -0.1) is 0 Å². The van der Waals surface area contributed by atoms with Gasteiger partial charge in [-0.2, -0.15) is 0 Å². The Morgan fingerprint density at radius 1 is 1.12 bits per heavy atom. The topological polar surface area (TPSA) is 59.8 Å². The summed E-state index contributed by atoms with van der Waals surface area (Å²) in [5.41, 5.74) is 2.63. The van der Waals surface area contributed by atoms with Crippen LogP contribution in [-0.4, -0.2) is 24.5 Å². The van der Waals surface area contributed by atoms with Crippen LogP contribution in [0.2, 0.25) is 0 Å². The number of hydrogen-bond acceptors (Lipinski definition) is 4. The second kappa shape index (κ2) is 6.09. The van der Waals surface area contributed by atoms with Crippen LogP contribution in [0, 0.1) is 0 Å². The van der Waals surface area contributed by atoms with Gasteiger partial charge in [-0.05, 0) is 37.1 Å². The van der Waals surface area contributed by atoms with Gasteiger partial charge in [0.15, 0.2) is 6.10 Å². The van der Waals surface area contributed by atoms with E-state index in [4.69, 9.17) is 9.15 Å². The van der Waals surface area contributed by atoms with Crippen molar-refractivity contribution in [3.63, 3.8) is 0 Å². The number of anilines is 1. The lowest BCUT2D eigenvalue weighted by atomic mass is 10.2. The molecule has 5 nitrogen and oxygen atoms in total. The van der Waals surface area contributed by atoms with Crippen LogP contribution in [0.5, 0.6) is 0 Å². The summed E-state index contributed by atoms with van der Waals surface area (Å²) in [5, 5.41) is 0.821. The number of amides is 1. The average molecular weight is 335 g/mol. The SMILES string of the molecule is C[C@@H](OC(=O)c1cc2ccccc2o1)C(=O)N1CCc2ccccc21. The molecule has 25 heavy (non-hydrogen) atoms. The van der Waals surface area contributed by atoms with E-state index in [9.17, 15) is 9.59 Å². The van der Waals surface area contributed by atoms with Gasteiger partial charge in [0.2, 0.25) is 5.76 Å². The molecule has 2 heterocycles. The summed E-state index contributed by atoms with van der Waals surface area (Å²) in [6.45, 7) is 2.19. The Labute approximate surface area is 144 Å². The molecule has 1 amide bonds. The third kappa shape index (κ3) is 2.78. The molecule has 1 atom stereocenters. The van der Waals surface area contributed by atoms with Gasteiger partial charge in [-0.1, -0.05) is 36.4 Å². The van der Waals surface area contributed by atoms with Crippen LogP contribution >= 0.6 is 0 Å². The number of ether oxygens (including phenoxy) is 1. The van der Waals surface area contributed by atoms with Gasteiger partial charge in [0.1, 0.15) is 5.58 Å². The molecule has 0 saturated carbocycles. The van der Waals surface area contributed by atoms with Crippen molar-refractivity contribution in [1.82, 2.24) is 0 Å². The van der Waals surface area contributed by atoms with Crippen molar-refractivity contribution in [3.8, 4) is 0 Å². The van der Waals surface area contributed by atoms with Crippen molar-refractivity contribution in [2.45, 2.75) is 19.4 Å². The first-order valence-corrected chi connectivity index (χ1v) is 8.22. The second-order valence-corrected chi connectivity index (χ2v) is 6.06. The number of esters is 1. The van der Waals surface area contributed by atoms with Crippen molar-refractivity contribution < 1.29 is 18.7 Å². The van der Waals surface area contributed by atoms with E-state index in [1.54, 1.807) is 24.0 Å². The Morgan fingerprint density at radius 2 is 1.88 bits per heavy atom. The van der Waals surface area contributed by atoms with E-state index in [2.05, 4.69) is 0 Å². The normalized spacial score (nSPS) is 14.4. The van der Waals surface area contributed by atoms with E-state index >= 15 is 0 Å². The van der Waals surface area contributed by atoms with Crippen molar-refractivity contribution in [1.29, 1.82) is 0 Å². The van der Waals surface area contributed by atoms with Gasteiger partial charge in [0.05, 0.1) is 0 Å². The van der Waals surface area contributed by atoms with Crippen LogP contribution in [0.1, 0.15) is 23.0 Å². The number of hydrogen-bond donors (Lipinski definition) is 0. The quantitative estimate of drug-likeness (QED) is 0.687. The first kappa shape index (κ1) is 15.4. The van der Waals surface area contributed by atoms with Gasteiger partial charge in [-0.25, -0.2) is 4.79 Å². The number of para-hydroxylation sites is 2. The van der Waals surface area contributed by atoms with Crippen LogP contribution in [0.15, 0.2) is 59.0 Å². The smallest absolute Gasteiger partial charge is 0.375 e. The van der Waals surface area contributed by atoms with E-state index < -0.39 is 12.1 Å². The molecule has 0 saturated heterocycles. The molecule has 0 spiro atoms. The fourth-order valence-electron chi connectivity index (χ4n) is 3.14. The van der Waals surface area contributed by atoms with Crippen molar-refractivity contribution in [2.75, 3.05) is 11.4 Å². The maximum Gasteiger partial charge on any atom is 0.375 e. The fraction of sp³-hybridized carbons (Fsp3) is 0.200. The van der Waals surface area contributed by atoms with E-state index in [1.165, 1.54) is 0 Å². The number of furan rings is 1. The largest absolute Gasteiger partial charge is 0.449 e. The van der Waals surface area contributed by atoms with Crippen LogP contribution in [0.4, 0.5) is 5.69 Å². The number of benzene rings is 2. The Kier molecular flexibility index (Phi) is 3.76. The second-order valence-electron chi connectivity index (χ2n) is 6.06. The predicted molar refractivity (Wildman–Crippen MR) is 93.6 cm³/mol. The van der Waals surface area contributed by atoms with Gasteiger partial charge < -0.3 is 14.1 Å². The van der Waals surface area contributed by atoms with Crippen LogP contribution in [0.25, 0.3) is 11.0 Å². The van der Waals surface area contributed by atoms with Crippen molar-refractivity contribution >= 4 is 28.5 Å². The maximum atomic E-state index is 12.7. The standard InChI is InChI=1S/C20H17NO4/c1-13(19(22)21-11-10-14-6-2-4-8-16(14)21)24-20(23)18-12-15-7-3-5-9-17(15)25-18/h2-9,12-13H,10-11H2,1H3/t13-/m1/s1. The summed E-state index contributed by atoms with van der Waals surface area (Å²) in [6.07, 6.45) is -0.0709. The maximum absolute atomic E-state index is 12.7. The summed E-state index contributed by atoms with van der Waals surface area (Å²) in [4.78, 5) is 26.6. The number of carbonyl (C=O) groups is 2. The molecule has 5 heteroatoms. The van der Waals surface area contributed by atoms with Crippen LogP contribution in [-0.2, 0) is 16.0 Å². The lowest BCUT2D eigenvalue weighted by Crippen LogP contribution is -2.39. The highest BCUT2D eigenvalue weighted by molar-refractivity contribution is 6.00. The molecule has 0 unspecified atom stereocenters. The van der Waals surface area contributed by atoms with Crippen LogP contribution in [0.3, 0.4) is 0 Å². The number of fused-ring (bicyclic) bond motifs is 2. The van der Waals surface area contributed by atoms with Crippen molar-refractivity contribution in [2.24, 2.45) is 0 Å². The number of rotatable bonds is 3. The summed E-state index contributed by atoms with van der Waals surface area (Å²) in [7, 11) is 0. The van der Waals surface area contributed by atoms with E-state index in [0.29, 0.717) is 12.1 Å². The zero-order chi connectivity index (χ0) is 17.4. The van der Waals surface area contributed by atoms with Gasteiger partial charge in [0, 0.05) is 17.6 Å². The molecule has 0 fully saturated rings. The minimum absolute atomic E-state index is 0.0997. The highest BCUT2D eigenvalue weighted by Gasteiger charge is 2.30. The molecular weight excluding hydrogens is 318 g/mol. The summed E-state index contributed by atoms with van der Waals surface area (Å²) < 4.78 is 10.8. The molecule has 0 N–H and O–H groups in total. The molecule has 1 aliphatic rings. The Balaban J connectivity index is 1.49. The van der Waals surface area contributed by atoms with Gasteiger partial charge in [-0.3, -0.25) is 4.79 Å². The Bertz CT molecular complexity index is 926. The average Bonchev–Trinajstić information content (AvgIpc) is 3.25. The minimum Gasteiger partial charge on any atom is -0.449 e. The first-order chi connectivity index (χ1) is 12.1. The fourth-order valence-corrected chi connectivity index (χ4v) is 3.14. The molecule has 1 aliphatic heterocycles. The zero-order valence-electron chi connectivity index (χ0n) is 13.8. The molecule has 1 aromatic heterocycles. The van der Waals surface area contributed by atoms with E-state index in [1.807, 2.05) is 42.5 Å². The third-order valence-corrected chi connectivity index (χ3v) is 4.41. The number of carbonyl (C=O) groups excluding carboxylic acids is 2. The highest BCUT2D eigenvalue weighted by Crippen LogP contribution is 2.28. The first-order valence-electron chi connectivity index (χ1n) is 8.22. The molecule has 0 aliphatic carbocycles. The van der Waals surface area contributed by atoms with E-state index in [-0.39, 0.29) is 11.7 Å². The van der Waals surface area contributed by atoms with Crippen molar-refractivity contribution in [3.05, 3.63) is 65.9 Å². The Morgan fingerprint density at radius 3 is 2.72 bits per heavy atom. The van der Waals surface area contributed by atoms with Gasteiger partial charge >= 0.3 is 5.97 Å². The Hall–Kier alpha value is -3.08. The lowest BCUT2D eigenvalue weighted by Gasteiger charge is -2.21. The molecular formula is C20H17NO4. The molecule has 126 valence electrons. The summed E-state index contributed by atoms with van der Waals surface area (Å²) in [5.74, 6) is -0.762. The summed E-state index contributed by atoms with van der Waals surface area (Å²) in [6, 6.07) is 16.7. The predicted octanol–water partition coefficient (Wildman–Crippen LogP) is 3.57. The molecule has 0 bridgehead atoms. The third-order valence-electron chi connectivity index (χ3n) is 4.41. The summed E-state index contributed by atoms with van der Waals surface area (Å²) >= 11 is 0. The van der Waals surface area contributed by atoms with Crippen LogP contribution < -0.4 is 4.90 Å². The number of nitrogens with zero attached hydrogens (tertiary/aromatic N) is 1. The molecule has 0 radical (unpaired) electrons. The molecule has 2 aromatic carbocycles. The zero-order valence-corrected chi connectivity index (χ0v) is 13.8. The highest BCUT2D eigenvalue weighted by atomic mass is 16.6. The molecule has 3 aromatic rings. The lowest BCUT2D eigenvalue weighted by molar-refractivity contribution is -0.126. The monoisotopic (exact) mass is 335 g/mol. The molecule has 4 rings (SSSR count). The minimum atomic E-state index is -0.883. The van der Waals surface area contributed by atoms with Gasteiger partial charge in [0.25, 0.3) is 5.91 Å². The van der Waals surface area contributed by atoms with E-state index in [0.717, 1.165) is 23.1 Å².